The third kappa shape index (κ3) is 8.22. The molecule has 1 atom stereocenters. The van der Waals surface area contributed by atoms with E-state index in [4.69, 9.17) is 9.47 Å². The molecule has 0 aliphatic carbocycles. The molecule has 0 aromatic rings. The monoisotopic (exact) mass is 189 g/mol. The highest BCUT2D eigenvalue weighted by molar-refractivity contribution is 4.59. The van der Waals surface area contributed by atoms with Gasteiger partial charge in [0.15, 0.2) is 0 Å². The topological polar surface area (TPSA) is 30.5 Å². The Morgan fingerprint density at radius 1 is 1.31 bits per heavy atom. The lowest BCUT2D eigenvalue weighted by Crippen LogP contribution is -2.28. The van der Waals surface area contributed by atoms with Crippen LogP contribution in [0.3, 0.4) is 0 Å². The molecule has 3 heteroatoms. The average molecular weight is 189 g/mol. The smallest absolute Gasteiger partial charge is 0.0587 e. The molecular formula is C10H23NO2. The van der Waals surface area contributed by atoms with E-state index in [1.165, 1.54) is 6.42 Å². The number of rotatable bonds is 9. The van der Waals surface area contributed by atoms with Crippen molar-refractivity contribution >= 4 is 0 Å². The molecule has 0 aromatic carbocycles. The van der Waals surface area contributed by atoms with E-state index in [9.17, 15) is 0 Å². The van der Waals surface area contributed by atoms with Crippen LogP contribution >= 0.6 is 0 Å². The zero-order valence-electron chi connectivity index (χ0n) is 9.14. The maximum absolute atomic E-state index is 5.37. The average Bonchev–Trinajstić information content (AvgIpc) is 2.17. The SMILES string of the molecule is CCOCC(CC)CNCCOC. The van der Waals surface area contributed by atoms with E-state index in [2.05, 4.69) is 12.2 Å². The molecule has 3 nitrogen and oxygen atoms in total. The third-order valence-corrected chi connectivity index (χ3v) is 2.05. The highest BCUT2D eigenvalue weighted by Crippen LogP contribution is 2.00. The summed E-state index contributed by atoms with van der Waals surface area (Å²) in [6, 6.07) is 0. The number of nitrogens with one attached hydrogen (secondary N) is 1. The molecule has 0 saturated heterocycles. The van der Waals surface area contributed by atoms with Gasteiger partial charge in [-0.2, -0.15) is 0 Å². The van der Waals surface area contributed by atoms with E-state index >= 15 is 0 Å². The summed E-state index contributed by atoms with van der Waals surface area (Å²) in [5.41, 5.74) is 0. The third-order valence-electron chi connectivity index (χ3n) is 2.05. The van der Waals surface area contributed by atoms with Gasteiger partial charge in [0.05, 0.1) is 13.2 Å². The Balaban J connectivity index is 3.25. The van der Waals surface area contributed by atoms with E-state index in [-0.39, 0.29) is 0 Å². The van der Waals surface area contributed by atoms with Gasteiger partial charge in [0.25, 0.3) is 0 Å². The molecule has 1 unspecified atom stereocenters. The zero-order valence-corrected chi connectivity index (χ0v) is 9.14. The van der Waals surface area contributed by atoms with Gasteiger partial charge in [-0.1, -0.05) is 6.92 Å². The van der Waals surface area contributed by atoms with E-state index in [1.54, 1.807) is 7.11 Å². The van der Waals surface area contributed by atoms with Crippen molar-refractivity contribution in [3.63, 3.8) is 0 Å². The summed E-state index contributed by atoms with van der Waals surface area (Å²) in [5.74, 6) is 0.636. The van der Waals surface area contributed by atoms with Crippen molar-refractivity contribution in [2.24, 2.45) is 5.92 Å². The van der Waals surface area contributed by atoms with Gasteiger partial charge in [-0.15, -0.1) is 0 Å². The second-order valence-electron chi connectivity index (χ2n) is 3.13. The van der Waals surface area contributed by atoms with Crippen LogP contribution in [0, 0.1) is 5.92 Å². The number of methoxy groups -OCH3 is 1. The zero-order chi connectivity index (χ0) is 9.94. The summed E-state index contributed by atoms with van der Waals surface area (Å²) in [6.45, 7) is 8.65. The predicted octanol–water partition coefficient (Wildman–Crippen LogP) is 1.29. The quantitative estimate of drug-likeness (QED) is 0.554. The molecule has 0 saturated carbocycles. The molecule has 0 aliphatic rings. The molecule has 0 spiro atoms. The second-order valence-corrected chi connectivity index (χ2v) is 3.13. The summed E-state index contributed by atoms with van der Waals surface area (Å²) in [6.07, 6.45) is 1.17. The normalized spacial score (nSPS) is 13.2. The van der Waals surface area contributed by atoms with Crippen molar-refractivity contribution in [3.05, 3.63) is 0 Å². The molecule has 0 fully saturated rings. The van der Waals surface area contributed by atoms with E-state index in [1.807, 2.05) is 6.92 Å². The minimum atomic E-state index is 0.636. The molecule has 0 amide bonds. The first-order valence-corrected chi connectivity index (χ1v) is 5.12. The lowest BCUT2D eigenvalue weighted by atomic mass is 10.1. The van der Waals surface area contributed by atoms with Gasteiger partial charge in [0.2, 0.25) is 0 Å². The Bertz CT molecular complexity index is 98.9. The van der Waals surface area contributed by atoms with Gasteiger partial charge in [0.1, 0.15) is 0 Å². The fourth-order valence-corrected chi connectivity index (χ4v) is 1.09. The Kier molecular flexibility index (Phi) is 9.87. The second kappa shape index (κ2) is 9.96. The molecule has 13 heavy (non-hydrogen) atoms. The maximum atomic E-state index is 5.37. The fraction of sp³-hybridized carbons (Fsp3) is 1.00. The summed E-state index contributed by atoms with van der Waals surface area (Å²) in [7, 11) is 1.72. The Hall–Kier alpha value is -0.120. The summed E-state index contributed by atoms with van der Waals surface area (Å²) < 4.78 is 10.3. The van der Waals surface area contributed by atoms with Gasteiger partial charge >= 0.3 is 0 Å². The summed E-state index contributed by atoms with van der Waals surface area (Å²) >= 11 is 0. The van der Waals surface area contributed by atoms with Crippen LogP contribution < -0.4 is 5.32 Å². The van der Waals surface area contributed by atoms with Crippen LogP contribution in [0.1, 0.15) is 20.3 Å². The minimum Gasteiger partial charge on any atom is -0.383 e. The Labute approximate surface area is 81.8 Å². The molecule has 1 N–H and O–H groups in total. The van der Waals surface area contributed by atoms with Gasteiger partial charge in [-0.3, -0.25) is 0 Å². The van der Waals surface area contributed by atoms with Crippen molar-refractivity contribution in [2.45, 2.75) is 20.3 Å². The molecule has 0 heterocycles. The Morgan fingerprint density at radius 2 is 2.08 bits per heavy atom. The van der Waals surface area contributed by atoms with Crippen LogP contribution in [0.5, 0.6) is 0 Å². The van der Waals surface area contributed by atoms with Gasteiger partial charge < -0.3 is 14.8 Å². The van der Waals surface area contributed by atoms with Crippen LogP contribution in [-0.4, -0.2) is 40.0 Å². The van der Waals surface area contributed by atoms with Crippen LogP contribution in [-0.2, 0) is 9.47 Å². The van der Waals surface area contributed by atoms with Crippen molar-refractivity contribution in [1.82, 2.24) is 5.32 Å². The standard InChI is InChI=1S/C10H23NO2/c1-4-10(9-13-5-2)8-11-6-7-12-3/h10-11H,4-9H2,1-3H3. The summed E-state index contributed by atoms with van der Waals surface area (Å²) in [5, 5.41) is 3.34. The van der Waals surface area contributed by atoms with Crippen LogP contribution in [0.2, 0.25) is 0 Å². The van der Waals surface area contributed by atoms with Crippen LogP contribution in [0.15, 0.2) is 0 Å². The molecular weight excluding hydrogens is 166 g/mol. The van der Waals surface area contributed by atoms with Crippen molar-refractivity contribution in [2.75, 3.05) is 40.0 Å². The number of ether oxygens (including phenoxy) is 2. The lowest BCUT2D eigenvalue weighted by molar-refractivity contribution is 0.107. The molecule has 0 aliphatic heterocycles. The van der Waals surface area contributed by atoms with Crippen LogP contribution in [0.4, 0.5) is 0 Å². The predicted molar refractivity (Wildman–Crippen MR) is 55.0 cm³/mol. The molecule has 80 valence electrons. The lowest BCUT2D eigenvalue weighted by Gasteiger charge is -2.15. The summed E-state index contributed by atoms with van der Waals surface area (Å²) in [4.78, 5) is 0. The highest BCUT2D eigenvalue weighted by Gasteiger charge is 2.04. The molecule has 0 rings (SSSR count). The Morgan fingerprint density at radius 3 is 2.62 bits per heavy atom. The first-order chi connectivity index (χ1) is 6.35. The largest absolute Gasteiger partial charge is 0.383 e. The molecule has 0 bridgehead atoms. The van der Waals surface area contributed by atoms with Gasteiger partial charge in [-0.05, 0) is 19.3 Å². The minimum absolute atomic E-state index is 0.636. The van der Waals surface area contributed by atoms with Crippen molar-refractivity contribution < 1.29 is 9.47 Å². The fourth-order valence-electron chi connectivity index (χ4n) is 1.09. The van der Waals surface area contributed by atoms with Crippen LogP contribution in [0.25, 0.3) is 0 Å². The maximum Gasteiger partial charge on any atom is 0.0587 e. The van der Waals surface area contributed by atoms with E-state index in [0.717, 1.165) is 32.9 Å². The van der Waals surface area contributed by atoms with Gasteiger partial charge in [-0.25, -0.2) is 0 Å². The van der Waals surface area contributed by atoms with E-state index in [0.29, 0.717) is 5.92 Å². The highest BCUT2D eigenvalue weighted by atomic mass is 16.5. The number of hydrogen-bond donors (Lipinski definition) is 1. The molecule has 0 radical (unpaired) electrons. The molecule has 0 aromatic heterocycles. The number of hydrogen-bond acceptors (Lipinski definition) is 3. The first-order valence-electron chi connectivity index (χ1n) is 5.12. The van der Waals surface area contributed by atoms with Gasteiger partial charge in [0, 0.05) is 26.8 Å². The first kappa shape index (κ1) is 12.9. The van der Waals surface area contributed by atoms with Crippen molar-refractivity contribution in [1.29, 1.82) is 0 Å². The van der Waals surface area contributed by atoms with E-state index < -0.39 is 0 Å². The van der Waals surface area contributed by atoms with Crippen molar-refractivity contribution in [3.8, 4) is 0 Å².